The summed E-state index contributed by atoms with van der Waals surface area (Å²) in [5, 5.41) is 2.94. The second kappa shape index (κ2) is 2.86. The molecular weight excluding hydrogens is 244 g/mol. The topological polar surface area (TPSA) is 66.5 Å². The van der Waals surface area contributed by atoms with Gasteiger partial charge in [-0.15, -0.1) is 0 Å². The first-order valence-electron chi connectivity index (χ1n) is 7.03. The summed E-state index contributed by atoms with van der Waals surface area (Å²) in [7, 11) is 0. The molecule has 5 heteroatoms. The van der Waals surface area contributed by atoms with Gasteiger partial charge in [0.2, 0.25) is 11.8 Å². The summed E-state index contributed by atoms with van der Waals surface area (Å²) in [5.74, 6) is 0.00236. The first-order chi connectivity index (χ1) is 8.84. The third-order valence-corrected chi connectivity index (χ3v) is 6.04. The van der Waals surface area contributed by atoms with Crippen LogP contribution >= 0.6 is 0 Å². The van der Waals surface area contributed by atoms with Crippen LogP contribution in [0.5, 0.6) is 0 Å². The predicted octanol–water partition coefficient (Wildman–Crippen LogP) is 0.235. The van der Waals surface area contributed by atoms with Crippen LogP contribution in [0.15, 0.2) is 0 Å². The quantitative estimate of drug-likeness (QED) is 0.680. The highest BCUT2D eigenvalue weighted by Gasteiger charge is 2.75. The summed E-state index contributed by atoms with van der Waals surface area (Å²) >= 11 is 0. The van der Waals surface area contributed by atoms with Crippen LogP contribution in [0.2, 0.25) is 0 Å². The second-order valence-electron chi connectivity index (χ2n) is 7.10. The number of amides is 2. The molecule has 4 aliphatic heterocycles. The molecule has 0 unspecified atom stereocenters. The fourth-order valence-electron chi connectivity index (χ4n) is 4.87. The van der Waals surface area contributed by atoms with Crippen LogP contribution in [0.3, 0.4) is 0 Å². The number of carbonyl (C=O) groups is 3. The summed E-state index contributed by atoms with van der Waals surface area (Å²) in [4.78, 5) is 39.3. The number of nitrogens with one attached hydrogen (secondary N) is 1. The Morgan fingerprint density at radius 3 is 2.74 bits per heavy atom. The van der Waals surface area contributed by atoms with E-state index in [-0.39, 0.29) is 29.9 Å². The lowest BCUT2D eigenvalue weighted by molar-refractivity contribution is -0.175. The molecule has 4 heterocycles. The van der Waals surface area contributed by atoms with Crippen LogP contribution in [0.1, 0.15) is 39.5 Å². The van der Waals surface area contributed by atoms with Crippen molar-refractivity contribution in [2.24, 2.45) is 11.3 Å². The largest absolute Gasteiger partial charge is 0.339 e. The second-order valence-corrected chi connectivity index (χ2v) is 7.10. The third-order valence-electron chi connectivity index (χ3n) is 6.04. The van der Waals surface area contributed by atoms with E-state index < -0.39 is 16.5 Å². The fourth-order valence-corrected chi connectivity index (χ4v) is 4.87. The normalized spacial score (nSPS) is 46.3. The minimum Gasteiger partial charge on any atom is -0.339 e. The number of rotatable bonds is 0. The van der Waals surface area contributed by atoms with E-state index in [1.165, 1.54) is 0 Å². The van der Waals surface area contributed by atoms with Gasteiger partial charge in [0.1, 0.15) is 16.9 Å². The summed E-state index contributed by atoms with van der Waals surface area (Å²) in [5.41, 5.74) is -2.11. The summed E-state index contributed by atoms with van der Waals surface area (Å²) < 4.78 is 0. The molecule has 0 aromatic heterocycles. The molecule has 1 aliphatic carbocycles. The standard InChI is InChI=1S/C14H18N2O3/c1-12(2)8-6-13-4-3-5-16(13)11(19)14(8,7-9(12)17)15-10(13)18/h8H,3-7H2,1-2H3,(H,15,18)/t8-,13-,14-/m0/s1. The first kappa shape index (κ1) is 11.4. The highest BCUT2D eigenvalue weighted by molar-refractivity contribution is 6.10. The summed E-state index contributed by atoms with van der Waals surface area (Å²) in [6.45, 7) is 4.50. The molecule has 19 heavy (non-hydrogen) atoms. The van der Waals surface area contributed by atoms with E-state index in [0.29, 0.717) is 13.0 Å². The lowest BCUT2D eigenvalue weighted by atomic mass is 9.61. The number of fused-ring (bicyclic) bond motifs is 1. The maximum absolute atomic E-state index is 12.8. The molecule has 0 radical (unpaired) electrons. The molecule has 0 aromatic carbocycles. The maximum atomic E-state index is 12.8. The fraction of sp³-hybridized carbons (Fsp3) is 0.786. The van der Waals surface area contributed by atoms with Crippen molar-refractivity contribution in [2.75, 3.05) is 6.54 Å². The van der Waals surface area contributed by atoms with Gasteiger partial charge >= 0.3 is 0 Å². The third kappa shape index (κ3) is 0.965. The molecule has 4 saturated heterocycles. The van der Waals surface area contributed by atoms with E-state index in [9.17, 15) is 14.4 Å². The molecule has 3 atom stereocenters. The van der Waals surface area contributed by atoms with Crippen LogP contribution < -0.4 is 5.32 Å². The number of ketones is 1. The number of carbonyl (C=O) groups excluding carboxylic acids is 3. The molecule has 2 bridgehead atoms. The molecule has 5 nitrogen and oxygen atoms in total. The molecule has 0 aromatic rings. The van der Waals surface area contributed by atoms with E-state index in [0.717, 1.165) is 12.8 Å². The van der Waals surface area contributed by atoms with Gasteiger partial charge in [0.15, 0.2) is 0 Å². The zero-order valence-corrected chi connectivity index (χ0v) is 11.3. The average Bonchev–Trinajstić information content (AvgIpc) is 2.84. The molecule has 1 saturated carbocycles. The van der Waals surface area contributed by atoms with E-state index in [1.54, 1.807) is 4.90 Å². The van der Waals surface area contributed by atoms with Crippen molar-refractivity contribution in [2.45, 2.75) is 50.6 Å². The number of hydrogen-bond donors (Lipinski definition) is 1. The minimum atomic E-state index is -0.941. The lowest BCUT2D eigenvalue weighted by Crippen LogP contribution is -2.81. The highest BCUT2D eigenvalue weighted by Crippen LogP contribution is 2.59. The Morgan fingerprint density at radius 1 is 1.26 bits per heavy atom. The average molecular weight is 262 g/mol. The zero-order chi connectivity index (χ0) is 13.6. The zero-order valence-electron chi connectivity index (χ0n) is 11.3. The number of nitrogens with zero attached hydrogens (tertiary/aromatic N) is 1. The maximum Gasteiger partial charge on any atom is 0.250 e. The number of piperazine rings is 1. The summed E-state index contributed by atoms with van der Waals surface area (Å²) in [6, 6.07) is 0. The Morgan fingerprint density at radius 2 is 2.00 bits per heavy atom. The Hall–Kier alpha value is -1.39. The van der Waals surface area contributed by atoms with Crippen molar-refractivity contribution in [3.8, 4) is 0 Å². The van der Waals surface area contributed by atoms with Gasteiger partial charge in [0, 0.05) is 24.3 Å². The van der Waals surface area contributed by atoms with Gasteiger partial charge in [-0.2, -0.15) is 0 Å². The van der Waals surface area contributed by atoms with Gasteiger partial charge in [-0.25, -0.2) is 0 Å². The number of Topliss-reactive ketones (excluding diaryl/α,β-unsaturated/α-hetero) is 1. The minimum absolute atomic E-state index is 0.0141. The van der Waals surface area contributed by atoms with Crippen LogP contribution in [0.4, 0.5) is 0 Å². The molecule has 5 aliphatic rings. The van der Waals surface area contributed by atoms with Gasteiger partial charge in [-0.1, -0.05) is 13.8 Å². The SMILES string of the molecule is CC1(C)C(=O)C[C@@]23NC(=O)[C@]4(CCCN4C2=O)C[C@@H]13. The Kier molecular flexibility index (Phi) is 1.72. The van der Waals surface area contributed by atoms with Crippen molar-refractivity contribution >= 4 is 17.6 Å². The van der Waals surface area contributed by atoms with Crippen molar-refractivity contribution < 1.29 is 14.4 Å². The van der Waals surface area contributed by atoms with Crippen LogP contribution in [-0.4, -0.2) is 40.1 Å². The lowest BCUT2D eigenvalue weighted by Gasteiger charge is -2.58. The number of piperidine rings is 2. The Bertz CT molecular complexity index is 541. The van der Waals surface area contributed by atoms with E-state index >= 15 is 0 Å². The van der Waals surface area contributed by atoms with Crippen molar-refractivity contribution in [3.05, 3.63) is 0 Å². The van der Waals surface area contributed by atoms with Gasteiger partial charge in [-0.3, -0.25) is 14.4 Å². The van der Waals surface area contributed by atoms with Crippen molar-refractivity contribution in [1.82, 2.24) is 10.2 Å². The van der Waals surface area contributed by atoms with E-state index in [4.69, 9.17) is 0 Å². The molecular formula is C14H18N2O3. The van der Waals surface area contributed by atoms with Crippen molar-refractivity contribution in [3.63, 3.8) is 0 Å². The van der Waals surface area contributed by atoms with Crippen LogP contribution in [-0.2, 0) is 14.4 Å². The molecule has 5 fully saturated rings. The molecule has 2 amide bonds. The smallest absolute Gasteiger partial charge is 0.250 e. The van der Waals surface area contributed by atoms with Gasteiger partial charge in [0.05, 0.1) is 0 Å². The summed E-state index contributed by atoms with van der Waals surface area (Å²) in [6.07, 6.45) is 2.45. The van der Waals surface area contributed by atoms with Gasteiger partial charge in [-0.05, 0) is 19.3 Å². The monoisotopic (exact) mass is 262 g/mol. The Labute approximate surface area is 111 Å². The van der Waals surface area contributed by atoms with E-state index in [2.05, 4.69) is 5.32 Å². The van der Waals surface area contributed by atoms with Crippen molar-refractivity contribution in [1.29, 1.82) is 0 Å². The van der Waals surface area contributed by atoms with Crippen LogP contribution in [0, 0.1) is 11.3 Å². The van der Waals surface area contributed by atoms with Gasteiger partial charge < -0.3 is 10.2 Å². The molecule has 1 N–H and O–H groups in total. The first-order valence-corrected chi connectivity index (χ1v) is 7.03. The Balaban J connectivity index is 1.93. The predicted molar refractivity (Wildman–Crippen MR) is 66.1 cm³/mol. The molecule has 5 rings (SSSR count). The van der Waals surface area contributed by atoms with E-state index in [1.807, 2.05) is 13.8 Å². The molecule has 2 spiro atoms. The van der Waals surface area contributed by atoms with Crippen LogP contribution in [0.25, 0.3) is 0 Å². The highest BCUT2D eigenvalue weighted by atomic mass is 16.2. The van der Waals surface area contributed by atoms with Gasteiger partial charge in [0.25, 0.3) is 0 Å². The number of hydrogen-bond acceptors (Lipinski definition) is 3. The molecule has 102 valence electrons.